The minimum atomic E-state index is -1.24. The van der Waals surface area contributed by atoms with E-state index in [1.165, 1.54) is 12.3 Å². The largest absolute Gasteiger partial charge is 0.476 e. The molecular formula is C10H6FN3O4. The Morgan fingerprint density at radius 3 is 2.72 bits per heavy atom. The van der Waals surface area contributed by atoms with Crippen LogP contribution >= 0.6 is 0 Å². The Balaban J connectivity index is 2.49. The summed E-state index contributed by atoms with van der Waals surface area (Å²) in [5.74, 6) is -2.04. The number of carboxylic acid groups (broad SMARTS) is 1. The highest BCUT2D eigenvalue weighted by Gasteiger charge is 2.13. The number of aromatic nitrogens is 2. The molecule has 0 unspecified atom stereocenters. The molecule has 0 aliphatic carbocycles. The molecule has 1 N–H and O–H groups in total. The van der Waals surface area contributed by atoms with Gasteiger partial charge in [0.15, 0.2) is 5.69 Å². The van der Waals surface area contributed by atoms with Gasteiger partial charge in [-0.25, -0.2) is 13.9 Å². The van der Waals surface area contributed by atoms with E-state index in [0.29, 0.717) is 0 Å². The number of aromatic carboxylic acids is 1. The highest BCUT2D eigenvalue weighted by Crippen LogP contribution is 2.19. The Labute approximate surface area is 99.2 Å². The molecule has 0 bridgehead atoms. The lowest BCUT2D eigenvalue weighted by molar-refractivity contribution is -0.385. The number of hydrogen-bond acceptors (Lipinski definition) is 4. The van der Waals surface area contributed by atoms with Gasteiger partial charge < -0.3 is 5.11 Å². The van der Waals surface area contributed by atoms with E-state index in [4.69, 9.17) is 5.11 Å². The van der Waals surface area contributed by atoms with E-state index in [1.807, 2.05) is 0 Å². The molecule has 0 fully saturated rings. The van der Waals surface area contributed by atoms with Crippen LogP contribution in [-0.2, 0) is 0 Å². The molecule has 0 atom stereocenters. The van der Waals surface area contributed by atoms with Crippen molar-refractivity contribution in [3.05, 3.63) is 52.1 Å². The van der Waals surface area contributed by atoms with E-state index in [9.17, 15) is 19.3 Å². The summed E-state index contributed by atoms with van der Waals surface area (Å²) in [7, 11) is 0. The van der Waals surface area contributed by atoms with E-state index in [-0.39, 0.29) is 11.4 Å². The lowest BCUT2D eigenvalue weighted by Crippen LogP contribution is -2.02. The van der Waals surface area contributed by atoms with Gasteiger partial charge in [-0.15, -0.1) is 0 Å². The molecule has 0 aliphatic rings. The van der Waals surface area contributed by atoms with Gasteiger partial charge in [0.05, 0.1) is 16.7 Å². The first-order valence-electron chi connectivity index (χ1n) is 4.71. The van der Waals surface area contributed by atoms with Crippen molar-refractivity contribution in [3.8, 4) is 5.69 Å². The van der Waals surface area contributed by atoms with Crippen LogP contribution in [0.25, 0.3) is 5.69 Å². The predicted molar refractivity (Wildman–Crippen MR) is 57.1 cm³/mol. The van der Waals surface area contributed by atoms with Crippen molar-refractivity contribution in [2.24, 2.45) is 0 Å². The minimum Gasteiger partial charge on any atom is -0.476 e. The fourth-order valence-electron chi connectivity index (χ4n) is 1.38. The zero-order valence-electron chi connectivity index (χ0n) is 8.78. The maximum absolute atomic E-state index is 13.2. The Morgan fingerprint density at radius 2 is 2.17 bits per heavy atom. The zero-order chi connectivity index (χ0) is 13.3. The Bertz CT molecular complexity index is 638. The summed E-state index contributed by atoms with van der Waals surface area (Å²) in [5, 5.41) is 22.9. The maximum atomic E-state index is 13.2. The standard InChI is InChI=1S/C10H6FN3O4/c11-6-3-7(5-8(4-6)14(17)18)13-2-1-9(12-13)10(15)16/h1-5H,(H,15,16). The molecule has 0 spiro atoms. The molecule has 8 heteroatoms. The van der Waals surface area contributed by atoms with Crippen molar-refractivity contribution in [2.45, 2.75) is 0 Å². The summed E-state index contributed by atoms with van der Waals surface area (Å²) in [6, 6.07) is 4.09. The van der Waals surface area contributed by atoms with Crippen LogP contribution in [0.2, 0.25) is 0 Å². The highest BCUT2D eigenvalue weighted by molar-refractivity contribution is 5.85. The molecule has 2 aromatic rings. The van der Waals surface area contributed by atoms with Crippen LogP contribution in [0, 0.1) is 15.9 Å². The van der Waals surface area contributed by atoms with E-state index < -0.39 is 22.4 Å². The van der Waals surface area contributed by atoms with Crippen molar-refractivity contribution in [3.63, 3.8) is 0 Å². The molecule has 0 amide bonds. The molecule has 0 radical (unpaired) electrons. The number of carboxylic acids is 1. The number of nitrogens with zero attached hydrogens (tertiary/aromatic N) is 3. The van der Waals surface area contributed by atoms with E-state index in [1.54, 1.807) is 0 Å². The second-order valence-corrected chi connectivity index (χ2v) is 3.38. The molecule has 92 valence electrons. The number of halogens is 1. The Kier molecular flexibility index (Phi) is 2.76. The molecule has 18 heavy (non-hydrogen) atoms. The average molecular weight is 251 g/mol. The lowest BCUT2D eigenvalue weighted by atomic mass is 10.3. The highest BCUT2D eigenvalue weighted by atomic mass is 19.1. The van der Waals surface area contributed by atoms with Gasteiger partial charge in [-0.3, -0.25) is 10.1 Å². The smallest absolute Gasteiger partial charge is 0.356 e. The summed E-state index contributed by atoms with van der Waals surface area (Å²) in [6.45, 7) is 0. The van der Waals surface area contributed by atoms with Crippen LogP contribution in [-0.4, -0.2) is 25.8 Å². The summed E-state index contributed by atoms with van der Waals surface area (Å²) in [6.07, 6.45) is 1.28. The number of hydrogen-bond donors (Lipinski definition) is 1. The van der Waals surface area contributed by atoms with Crippen LogP contribution in [0.4, 0.5) is 10.1 Å². The van der Waals surface area contributed by atoms with Gasteiger partial charge in [0, 0.05) is 18.3 Å². The van der Waals surface area contributed by atoms with Crippen LogP contribution in [0.15, 0.2) is 30.5 Å². The quantitative estimate of drug-likeness (QED) is 0.660. The van der Waals surface area contributed by atoms with Crippen molar-refractivity contribution < 1.29 is 19.2 Å². The van der Waals surface area contributed by atoms with Gasteiger partial charge in [0.1, 0.15) is 5.82 Å². The van der Waals surface area contributed by atoms with Gasteiger partial charge >= 0.3 is 5.97 Å². The van der Waals surface area contributed by atoms with Crippen molar-refractivity contribution in [1.29, 1.82) is 0 Å². The van der Waals surface area contributed by atoms with Crippen LogP contribution in [0.3, 0.4) is 0 Å². The van der Waals surface area contributed by atoms with Crippen LogP contribution in [0.5, 0.6) is 0 Å². The summed E-state index contributed by atoms with van der Waals surface area (Å²) in [5.41, 5.74) is -0.589. The molecule has 0 saturated carbocycles. The monoisotopic (exact) mass is 251 g/mol. The molecule has 2 rings (SSSR count). The summed E-state index contributed by atoms with van der Waals surface area (Å²) in [4.78, 5) is 20.5. The minimum absolute atomic E-state index is 0.0780. The number of carbonyl (C=O) groups is 1. The average Bonchev–Trinajstić information content (AvgIpc) is 2.77. The third-order valence-corrected chi connectivity index (χ3v) is 2.15. The third-order valence-electron chi connectivity index (χ3n) is 2.15. The first-order valence-corrected chi connectivity index (χ1v) is 4.71. The number of non-ortho nitro benzene ring substituents is 1. The van der Waals surface area contributed by atoms with E-state index in [2.05, 4.69) is 5.10 Å². The van der Waals surface area contributed by atoms with Crippen molar-refractivity contribution in [2.75, 3.05) is 0 Å². The second kappa shape index (κ2) is 4.24. The second-order valence-electron chi connectivity index (χ2n) is 3.38. The number of nitro benzene ring substituents is 1. The maximum Gasteiger partial charge on any atom is 0.356 e. The molecule has 7 nitrogen and oxygen atoms in total. The molecular weight excluding hydrogens is 245 g/mol. The number of nitro groups is 1. The number of benzene rings is 1. The topological polar surface area (TPSA) is 98.3 Å². The fourth-order valence-corrected chi connectivity index (χ4v) is 1.38. The molecule has 1 aromatic carbocycles. The van der Waals surface area contributed by atoms with Gasteiger partial charge in [-0.05, 0) is 6.07 Å². The SMILES string of the molecule is O=C(O)c1ccn(-c2cc(F)cc([N+](=O)[O-])c2)n1. The first kappa shape index (κ1) is 11.7. The zero-order valence-corrected chi connectivity index (χ0v) is 8.78. The van der Waals surface area contributed by atoms with Gasteiger partial charge in [0.25, 0.3) is 5.69 Å². The van der Waals surface area contributed by atoms with Gasteiger partial charge in [-0.1, -0.05) is 0 Å². The Hall–Kier alpha value is -2.77. The predicted octanol–water partition coefficient (Wildman–Crippen LogP) is 1.62. The fraction of sp³-hybridized carbons (Fsp3) is 0. The molecule has 1 aromatic heterocycles. The van der Waals surface area contributed by atoms with E-state index >= 15 is 0 Å². The van der Waals surface area contributed by atoms with Crippen molar-refractivity contribution >= 4 is 11.7 Å². The molecule has 1 heterocycles. The molecule has 0 aliphatic heterocycles. The van der Waals surface area contributed by atoms with Gasteiger partial charge in [-0.2, -0.15) is 5.10 Å². The van der Waals surface area contributed by atoms with Crippen molar-refractivity contribution in [1.82, 2.24) is 9.78 Å². The van der Waals surface area contributed by atoms with Gasteiger partial charge in [0.2, 0.25) is 0 Å². The van der Waals surface area contributed by atoms with Crippen LogP contribution < -0.4 is 0 Å². The summed E-state index contributed by atoms with van der Waals surface area (Å²) >= 11 is 0. The first-order chi connectivity index (χ1) is 8.47. The number of rotatable bonds is 3. The van der Waals surface area contributed by atoms with Crippen LogP contribution in [0.1, 0.15) is 10.5 Å². The third kappa shape index (κ3) is 2.17. The summed E-state index contributed by atoms with van der Waals surface area (Å²) < 4.78 is 14.2. The lowest BCUT2D eigenvalue weighted by Gasteiger charge is -2.01. The molecule has 0 saturated heterocycles. The normalized spacial score (nSPS) is 10.3. The van der Waals surface area contributed by atoms with E-state index in [0.717, 1.165) is 22.9 Å². The Morgan fingerprint density at radius 1 is 1.44 bits per heavy atom.